The lowest BCUT2D eigenvalue weighted by atomic mass is 10.0. The molecule has 5 aromatic heterocycles. The predicted molar refractivity (Wildman–Crippen MR) is 203 cm³/mol. The standard InChI is InChI=1S/C34H30N2S6Si/c1-16(2)39-33-31-20(11-13-38-31)24-15-26(41-32(24)34(33)43(5,6)7)22-9-8-21(27-28(22)36-42-35-27)25-14-23-19-10-12-37-29(19)17(3)18(4)30(23)40-25/h8-16H,1-7H3. The molecule has 0 radical (unpaired) electrons. The molecule has 8 aromatic rings. The van der Waals surface area contributed by atoms with Crippen LogP contribution in [-0.2, 0) is 0 Å². The van der Waals surface area contributed by atoms with Crippen LogP contribution in [-0.4, -0.2) is 22.1 Å². The van der Waals surface area contributed by atoms with Crippen LogP contribution in [0.5, 0.6) is 0 Å². The van der Waals surface area contributed by atoms with Crippen molar-refractivity contribution in [2.75, 3.05) is 0 Å². The third kappa shape index (κ3) is 4.34. The lowest BCUT2D eigenvalue weighted by Crippen LogP contribution is -2.39. The molecule has 0 amide bonds. The Morgan fingerprint density at radius 3 is 1.81 bits per heavy atom. The van der Waals surface area contributed by atoms with Gasteiger partial charge in [-0.15, -0.1) is 57.1 Å². The van der Waals surface area contributed by atoms with Crippen LogP contribution >= 0.6 is 68.8 Å². The summed E-state index contributed by atoms with van der Waals surface area (Å²) in [5.41, 5.74) is 7.22. The maximum Gasteiger partial charge on any atom is 0.114 e. The molecule has 3 aromatic carbocycles. The number of nitrogens with zero attached hydrogens (tertiary/aromatic N) is 2. The predicted octanol–water partition coefficient (Wildman–Crippen LogP) is 12.5. The molecular weight excluding hydrogens is 657 g/mol. The van der Waals surface area contributed by atoms with E-state index in [9.17, 15) is 0 Å². The van der Waals surface area contributed by atoms with Crippen LogP contribution in [0.3, 0.4) is 0 Å². The Morgan fingerprint density at radius 1 is 0.674 bits per heavy atom. The van der Waals surface area contributed by atoms with Crippen molar-refractivity contribution in [3.63, 3.8) is 0 Å². The van der Waals surface area contributed by atoms with Crippen molar-refractivity contribution in [3.8, 4) is 20.9 Å². The summed E-state index contributed by atoms with van der Waals surface area (Å²) in [6.45, 7) is 16.7. The molecule has 0 N–H and O–H groups in total. The lowest BCUT2D eigenvalue weighted by Gasteiger charge is -2.23. The van der Waals surface area contributed by atoms with E-state index >= 15 is 0 Å². The molecule has 0 spiro atoms. The van der Waals surface area contributed by atoms with E-state index in [1.54, 1.807) is 5.19 Å². The van der Waals surface area contributed by atoms with Gasteiger partial charge in [0.1, 0.15) is 11.0 Å². The maximum atomic E-state index is 4.91. The zero-order chi connectivity index (χ0) is 29.8. The highest BCUT2D eigenvalue weighted by atomic mass is 32.2. The summed E-state index contributed by atoms with van der Waals surface area (Å²) in [6, 6.07) is 14.0. The van der Waals surface area contributed by atoms with Crippen molar-refractivity contribution in [2.24, 2.45) is 0 Å². The molecule has 2 nitrogen and oxygen atoms in total. The minimum Gasteiger partial charge on any atom is -0.172 e. The number of fused-ring (bicyclic) bond motifs is 7. The van der Waals surface area contributed by atoms with Crippen molar-refractivity contribution < 1.29 is 0 Å². The second-order valence-electron chi connectivity index (χ2n) is 12.5. The normalized spacial score (nSPS) is 12.8. The zero-order valence-electron chi connectivity index (χ0n) is 25.0. The van der Waals surface area contributed by atoms with Gasteiger partial charge in [-0.2, -0.15) is 8.75 Å². The van der Waals surface area contributed by atoms with E-state index in [2.05, 4.69) is 94.5 Å². The molecule has 0 aliphatic carbocycles. The Bertz CT molecular complexity index is 2370. The third-order valence-electron chi connectivity index (χ3n) is 8.33. The molecule has 8 rings (SSSR count). The van der Waals surface area contributed by atoms with Crippen LogP contribution in [0.15, 0.2) is 52.1 Å². The molecule has 0 aliphatic rings. The van der Waals surface area contributed by atoms with Gasteiger partial charge >= 0.3 is 0 Å². The molecule has 0 unspecified atom stereocenters. The monoisotopic (exact) mass is 686 g/mol. The summed E-state index contributed by atoms with van der Waals surface area (Å²) in [6.07, 6.45) is 0. The molecule has 0 saturated heterocycles. The fraction of sp³-hybridized carbons (Fsp3) is 0.235. The van der Waals surface area contributed by atoms with Crippen LogP contribution in [0.2, 0.25) is 19.6 Å². The first kappa shape index (κ1) is 28.4. The van der Waals surface area contributed by atoms with Crippen molar-refractivity contribution in [1.29, 1.82) is 0 Å². The van der Waals surface area contributed by atoms with Crippen molar-refractivity contribution in [3.05, 3.63) is 58.3 Å². The molecule has 0 aliphatic heterocycles. The lowest BCUT2D eigenvalue weighted by molar-refractivity contribution is 1.11. The number of hydrogen-bond donors (Lipinski definition) is 0. The highest BCUT2D eigenvalue weighted by Gasteiger charge is 2.29. The Kier molecular flexibility index (Phi) is 6.73. The minimum absolute atomic E-state index is 0.544. The summed E-state index contributed by atoms with van der Waals surface area (Å²) in [5.74, 6) is 0. The molecular formula is C34H30N2S6Si. The molecule has 0 saturated carbocycles. The zero-order valence-corrected chi connectivity index (χ0v) is 30.9. The number of hydrogen-bond acceptors (Lipinski definition) is 8. The van der Waals surface area contributed by atoms with E-state index in [-0.39, 0.29) is 0 Å². The summed E-state index contributed by atoms with van der Waals surface area (Å²) in [4.78, 5) is 4.08. The molecule has 9 heteroatoms. The Balaban J connectivity index is 1.35. The van der Waals surface area contributed by atoms with Gasteiger partial charge in [0.25, 0.3) is 0 Å². The number of rotatable bonds is 5. The highest BCUT2D eigenvalue weighted by Crippen LogP contribution is 2.48. The SMILES string of the molecule is Cc1c(C)c2sc(-c3ccc(-c4cc5c(s4)c([Si](C)(C)C)c(SC(C)C)c4sccc45)c4nsnc34)cc2c2ccsc12. The van der Waals surface area contributed by atoms with E-state index in [0.29, 0.717) is 5.25 Å². The van der Waals surface area contributed by atoms with Gasteiger partial charge < -0.3 is 0 Å². The number of thioether (sulfide) groups is 1. The largest absolute Gasteiger partial charge is 0.172 e. The topological polar surface area (TPSA) is 25.8 Å². The fourth-order valence-electron chi connectivity index (χ4n) is 6.27. The van der Waals surface area contributed by atoms with Crippen molar-refractivity contribution >= 4 is 133 Å². The first-order valence-corrected chi connectivity index (χ1v) is 22.9. The number of aromatic nitrogens is 2. The molecule has 0 atom stereocenters. The second kappa shape index (κ2) is 10.2. The fourth-order valence-corrected chi connectivity index (χ4v) is 16.2. The molecule has 216 valence electrons. The number of thiophene rings is 4. The molecule has 43 heavy (non-hydrogen) atoms. The molecule has 0 bridgehead atoms. The minimum atomic E-state index is -1.65. The van der Waals surface area contributed by atoms with Gasteiger partial charge in [-0.3, -0.25) is 0 Å². The van der Waals surface area contributed by atoms with Crippen LogP contribution < -0.4 is 5.19 Å². The number of aryl methyl sites for hydroxylation is 2. The van der Waals surface area contributed by atoms with Gasteiger partial charge in [0.2, 0.25) is 0 Å². The Morgan fingerprint density at radius 2 is 1.21 bits per heavy atom. The van der Waals surface area contributed by atoms with Gasteiger partial charge in [0, 0.05) is 71.4 Å². The maximum absolute atomic E-state index is 4.91. The van der Waals surface area contributed by atoms with Gasteiger partial charge in [-0.05, 0) is 65.2 Å². The summed E-state index contributed by atoms with van der Waals surface area (Å²) >= 11 is 11.0. The van der Waals surface area contributed by atoms with Crippen molar-refractivity contribution in [2.45, 2.75) is 57.5 Å². The van der Waals surface area contributed by atoms with Crippen molar-refractivity contribution in [1.82, 2.24) is 8.75 Å². The summed E-state index contributed by atoms with van der Waals surface area (Å²) in [7, 11) is -1.65. The second-order valence-corrected chi connectivity index (χ2v) is 23.6. The number of benzene rings is 3. The van der Waals surface area contributed by atoms with Crippen LogP contribution in [0, 0.1) is 13.8 Å². The van der Waals surface area contributed by atoms with Gasteiger partial charge in [0.15, 0.2) is 0 Å². The van der Waals surface area contributed by atoms with Crippen LogP contribution in [0.4, 0.5) is 0 Å². The van der Waals surface area contributed by atoms with E-state index < -0.39 is 8.07 Å². The average molecular weight is 687 g/mol. The Hall–Kier alpha value is -2.11. The van der Waals surface area contributed by atoms with Crippen LogP contribution in [0.25, 0.3) is 72.3 Å². The van der Waals surface area contributed by atoms with E-state index in [1.807, 2.05) is 57.1 Å². The van der Waals surface area contributed by atoms with Gasteiger partial charge in [0.05, 0.1) is 19.8 Å². The van der Waals surface area contributed by atoms with E-state index in [0.717, 1.165) is 11.0 Å². The van der Waals surface area contributed by atoms with E-state index in [4.69, 9.17) is 8.75 Å². The van der Waals surface area contributed by atoms with Crippen LogP contribution in [0.1, 0.15) is 25.0 Å². The van der Waals surface area contributed by atoms with Gasteiger partial charge in [-0.25, -0.2) is 0 Å². The smallest absolute Gasteiger partial charge is 0.114 e. The first-order chi connectivity index (χ1) is 20.6. The average Bonchev–Trinajstić information content (AvgIpc) is 3.78. The summed E-state index contributed by atoms with van der Waals surface area (Å²) in [5, 5.41) is 12.2. The molecule has 5 heterocycles. The van der Waals surface area contributed by atoms with E-state index in [1.165, 1.54) is 89.0 Å². The van der Waals surface area contributed by atoms with Gasteiger partial charge in [-0.1, -0.05) is 45.6 Å². The highest BCUT2D eigenvalue weighted by molar-refractivity contribution is 8.00. The first-order valence-electron chi connectivity index (χ1n) is 14.4. The molecule has 0 fully saturated rings. The summed E-state index contributed by atoms with van der Waals surface area (Å²) < 4.78 is 15.5. The quantitative estimate of drug-likeness (QED) is 0.133. The third-order valence-corrected chi connectivity index (χ3v) is 16.9. The Labute approximate surface area is 276 Å².